The second-order valence-corrected chi connectivity index (χ2v) is 5.87. The third kappa shape index (κ3) is 3.42. The number of rotatable bonds is 3. The Hall–Kier alpha value is -2.20. The van der Waals surface area contributed by atoms with Crippen molar-refractivity contribution in [1.29, 1.82) is 0 Å². The van der Waals surface area contributed by atoms with Crippen molar-refractivity contribution < 1.29 is 9.53 Å². The van der Waals surface area contributed by atoms with Crippen molar-refractivity contribution in [3.63, 3.8) is 0 Å². The van der Waals surface area contributed by atoms with Crippen molar-refractivity contribution in [3.05, 3.63) is 59.1 Å². The Balaban J connectivity index is 1.66. The Bertz CT molecular complexity index is 697. The molecule has 0 bridgehead atoms. The number of piperazine rings is 1. The first-order chi connectivity index (χ1) is 11.2. The molecule has 2 aromatic carbocycles. The molecule has 1 fully saturated rings. The van der Waals surface area contributed by atoms with Crippen molar-refractivity contribution in [3.8, 4) is 5.75 Å². The Labute approximate surface area is 141 Å². The molecule has 0 saturated carbocycles. The fourth-order valence-electron chi connectivity index (χ4n) is 2.78. The molecule has 23 heavy (non-hydrogen) atoms. The van der Waals surface area contributed by atoms with Gasteiger partial charge in [-0.05, 0) is 24.3 Å². The normalized spacial score (nSPS) is 14.7. The van der Waals surface area contributed by atoms with Crippen LogP contribution >= 0.6 is 11.6 Å². The van der Waals surface area contributed by atoms with E-state index in [1.165, 1.54) is 0 Å². The first kappa shape index (κ1) is 15.7. The predicted molar refractivity (Wildman–Crippen MR) is 92.6 cm³/mol. The highest BCUT2D eigenvalue weighted by molar-refractivity contribution is 6.33. The van der Waals surface area contributed by atoms with Gasteiger partial charge in [0.25, 0.3) is 5.91 Å². The Morgan fingerprint density at radius 1 is 1.04 bits per heavy atom. The average Bonchev–Trinajstić information content (AvgIpc) is 2.62. The summed E-state index contributed by atoms with van der Waals surface area (Å²) in [6, 6.07) is 15.2. The summed E-state index contributed by atoms with van der Waals surface area (Å²) in [7, 11) is 1.67. The van der Waals surface area contributed by atoms with E-state index in [2.05, 4.69) is 11.0 Å². The lowest BCUT2D eigenvalue weighted by molar-refractivity contribution is 0.0747. The van der Waals surface area contributed by atoms with Crippen LogP contribution in [0.3, 0.4) is 0 Å². The van der Waals surface area contributed by atoms with Crippen LogP contribution in [0.2, 0.25) is 5.02 Å². The van der Waals surface area contributed by atoms with E-state index in [9.17, 15) is 4.79 Å². The van der Waals surface area contributed by atoms with Gasteiger partial charge in [-0.15, -0.1) is 0 Å². The van der Waals surface area contributed by atoms with Crippen LogP contribution in [0.4, 0.5) is 5.69 Å². The van der Waals surface area contributed by atoms with E-state index in [4.69, 9.17) is 16.3 Å². The molecule has 0 unspecified atom stereocenters. The van der Waals surface area contributed by atoms with Crippen LogP contribution in [-0.2, 0) is 0 Å². The van der Waals surface area contributed by atoms with E-state index >= 15 is 0 Å². The molecule has 3 rings (SSSR count). The highest BCUT2D eigenvalue weighted by Gasteiger charge is 2.23. The van der Waals surface area contributed by atoms with Crippen LogP contribution in [0.25, 0.3) is 0 Å². The molecule has 0 radical (unpaired) electrons. The lowest BCUT2D eigenvalue weighted by Crippen LogP contribution is -2.48. The second-order valence-electron chi connectivity index (χ2n) is 5.46. The van der Waals surface area contributed by atoms with Crippen molar-refractivity contribution >= 4 is 23.2 Å². The average molecular weight is 331 g/mol. The highest BCUT2D eigenvalue weighted by atomic mass is 35.5. The molecule has 1 aliphatic rings. The SMILES string of the molecule is COc1cccc(N2CCN(C(=O)c3ccccc3Cl)CC2)c1. The molecule has 1 aliphatic heterocycles. The monoisotopic (exact) mass is 330 g/mol. The highest BCUT2D eigenvalue weighted by Crippen LogP contribution is 2.23. The number of methoxy groups -OCH3 is 1. The molecule has 120 valence electrons. The number of benzene rings is 2. The number of anilines is 1. The number of amides is 1. The molecule has 4 nitrogen and oxygen atoms in total. The maximum absolute atomic E-state index is 12.6. The molecule has 2 aromatic rings. The van der Waals surface area contributed by atoms with Crippen LogP contribution in [-0.4, -0.2) is 44.1 Å². The summed E-state index contributed by atoms with van der Waals surface area (Å²) in [6.07, 6.45) is 0. The molecule has 5 heteroatoms. The minimum absolute atomic E-state index is 0.000826. The summed E-state index contributed by atoms with van der Waals surface area (Å²) in [5.41, 5.74) is 1.69. The molecular formula is C18H19ClN2O2. The maximum Gasteiger partial charge on any atom is 0.255 e. The van der Waals surface area contributed by atoms with Gasteiger partial charge in [-0.25, -0.2) is 0 Å². The zero-order chi connectivity index (χ0) is 16.2. The summed E-state index contributed by atoms with van der Waals surface area (Å²) in [5, 5.41) is 0.507. The van der Waals surface area contributed by atoms with Gasteiger partial charge in [0.15, 0.2) is 0 Å². The first-order valence-corrected chi connectivity index (χ1v) is 7.99. The fourth-order valence-corrected chi connectivity index (χ4v) is 3.00. The number of halogens is 1. The molecule has 1 saturated heterocycles. The van der Waals surface area contributed by atoms with Crippen LogP contribution in [0, 0.1) is 0 Å². The van der Waals surface area contributed by atoms with Gasteiger partial charge in [-0.1, -0.05) is 29.8 Å². The van der Waals surface area contributed by atoms with Crippen molar-refractivity contribution in [1.82, 2.24) is 4.90 Å². The van der Waals surface area contributed by atoms with E-state index in [1.54, 1.807) is 19.2 Å². The predicted octanol–water partition coefficient (Wildman–Crippen LogP) is 3.31. The summed E-state index contributed by atoms with van der Waals surface area (Å²) in [5.74, 6) is 0.845. The minimum Gasteiger partial charge on any atom is -0.497 e. The molecule has 0 spiro atoms. The van der Waals surface area contributed by atoms with E-state index in [0.717, 1.165) is 24.5 Å². The van der Waals surface area contributed by atoms with Gasteiger partial charge in [0.1, 0.15) is 5.75 Å². The van der Waals surface area contributed by atoms with Crippen molar-refractivity contribution in [2.75, 3.05) is 38.2 Å². The Morgan fingerprint density at radius 3 is 2.48 bits per heavy atom. The topological polar surface area (TPSA) is 32.8 Å². The van der Waals surface area contributed by atoms with Gasteiger partial charge >= 0.3 is 0 Å². The fraction of sp³-hybridized carbons (Fsp3) is 0.278. The number of hydrogen-bond acceptors (Lipinski definition) is 3. The van der Waals surface area contributed by atoms with Gasteiger partial charge in [0.05, 0.1) is 17.7 Å². The third-order valence-corrected chi connectivity index (χ3v) is 4.42. The quantitative estimate of drug-likeness (QED) is 0.865. The second kappa shape index (κ2) is 6.92. The van der Waals surface area contributed by atoms with Crippen molar-refractivity contribution in [2.24, 2.45) is 0 Å². The Morgan fingerprint density at radius 2 is 1.78 bits per heavy atom. The number of hydrogen-bond donors (Lipinski definition) is 0. The van der Waals surface area contributed by atoms with Crippen molar-refractivity contribution in [2.45, 2.75) is 0 Å². The van der Waals surface area contributed by atoms with E-state index in [-0.39, 0.29) is 5.91 Å². The van der Waals surface area contributed by atoms with Gasteiger partial charge in [0.2, 0.25) is 0 Å². The van der Waals surface area contributed by atoms with Crippen LogP contribution in [0.5, 0.6) is 5.75 Å². The molecule has 1 amide bonds. The molecule has 0 N–H and O–H groups in total. The van der Waals surface area contributed by atoms with Gasteiger partial charge in [0, 0.05) is 37.9 Å². The van der Waals surface area contributed by atoms with Gasteiger partial charge < -0.3 is 14.5 Å². The molecule has 0 aliphatic carbocycles. The number of nitrogens with zero attached hydrogens (tertiary/aromatic N) is 2. The zero-order valence-electron chi connectivity index (χ0n) is 13.0. The number of carbonyl (C=O) groups excluding carboxylic acids is 1. The summed E-state index contributed by atoms with van der Waals surface area (Å²) >= 11 is 6.12. The molecule has 1 heterocycles. The summed E-state index contributed by atoms with van der Waals surface area (Å²) in [6.45, 7) is 2.95. The smallest absolute Gasteiger partial charge is 0.255 e. The summed E-state index contributed by atoms with van der Waals surface area (Å²) in [4.78, 5) is 16.7. The zero-order valence-corrected chi connectivity index (χ0v) is 13.8. The minimum atomic E-state index is 0.000826. The lowest BCUT2D eigenvalue weighted by Gasteiger charge is -2.36. The van der Waals surface area contributed by atoms with Gasteiger partial charge in [-0.3, -0.25) is 4.79 Å². The Kier molecular flexibility index (Phi) is 4.72. The molecular weight excluding hydrogens is 312 g/mol. The standard InChI is InChI=1S/C18H19ClN2O2/c1-23-15-6-4-5-14(13-15)20-9-11-21(12-10-20)18(22)16-7-2-3-8-17(16)19/h2-8,13H,9-12H2,1H3. The van der Waals surface area contributed by atoms with Gasteiger partial charge in [-0.2, -0.15) is 0 Å². The summed E-state index contributed by atoms with van der Waals surface area (Å²) < 4.78 is 5.27. The molecule has 0 atom stereocenters. The first-order valence-electron chi connectivity index (χ1n) is 7.62. The molecule has 0 aromatic heterocycles. The number of carbonyl (C=O) groups is 1. The van der Waals surface area contributed by atoms with E-state index in [0.29, 0.717) is 23.7 Å². The van der Waals surface area contributed by atoms with Crippen LogP contribution in [0.15, 0.2) is 48.5 Å². The van der Waals surface area contributed by atoms with Crippen LogP contribution in [0.1, 0.15) is 10.4 Å². The van der Waals surface area contributed by atoms with E-state index < -0.39 is 0 Å². The number of ether oxygens (including phenoxy) is 1. The van der Waals surface area contributed by atoms with E-state index in [1.807, 2.05) is 35.2 Å². The lowest BCUT2D eigenvalue weighted by atomic mass is 10.1. The largest absolute Gasteiger partial charge is 0.497 e. The van der Waals surface area contributed by atoms with Crippen LogP contribution < -0.4 is 9.64 Å². The third-order valence-electron chi connectivity index (χ3n) is 4.09. The maximum atomic E-state index is 12.6.